The molecule has 0 amide bonds. The van der Waals surface area contributed by atoms with E-state index in [1.165, 1.54) is 0 Å². The van der Waals surface area contributed by atoms with Crippen LogP contribution in [-0.4, -0.2) is 16.7 Å². The molecule has 1 unspecified atom stereocenters. The zero-order chi connectivity index (χ0) is 9.84. The van der Waals surface area contributed by atoms with Crippen LogP contribution in [0.4, 0.5) is 0 Å². The Balaban J connectivity index is 2.88. The number of aliphatic hydroxyl groups excluding tert-OH is 1. The van der Waals surface area contributed by atoms with E-state index in [0.717, 1.165) is 14.6 Å². The standard InChI is InChI=1S/C8H10Br2N2O/c9-5-3-6(10)8(12-4-5)7(11)1-2-13/h3-4,7,13H,1-2,11H2. The maximum Gasteiger partial charge on any atom is 0.0714 e. The second-order valence-corrected chi connectivity index (χ2v) is 4.41. The van der Waals surface area contributed by atoms with Gasteiger partial charge in [-0.05, 0) is 44.3 Å². The van der Waals surface area contributed by atoms with Crippen molar-refractivity contribution in [3.63, 3.8) is 0 Å². The molecule has 5 heteroatoms. The van der Waals surface area contributed by atoms with Gasteiger partial charge in [-0.15, -0.1) is 0 Å². The van der Waals surface area contributed by atoms with Crippen LogP contribution >= 0.6 is 31.9 Å². The molecule has 1 aromatic rings. The van der Waals surface area contributed by atoms with E-state index in [2.05, 4.69) is 36.8 Å². The number of nitrogens with zero attached hydrogens (tertiary/aromatic N) is 1. The maximum absolute atomic E-state index is 8.71. The van der Waals surface area contributed by atoms with Gasteiger partial charge in [0.2, 0.25) is 0 Å². The average molecular weight is 310 g/mol. The molecule has 1 aromatic heterocycles. The molecule has 0 saturated carbocycles. The Bertz CT molecular complexity index is 293. The number of hydrogen-bond acceptors (Lipinski definition) is 3. The molecule has 0 aromatic carbocycles. The fourth-order valence-electron chi connectivity index (χ4n) is 0.974. The number of aliphatic hydroxyl groups is 1. The number of nitrogens with two attached hydrogens (primary N) is 1. The van der Waals surface area contributed by atoms with Crippen molar-refractivity contribution < 1.29 is 5.11 Å². The van der Waals surface area contributed by atoms with Crippen LogP contribution in [0.5, 0.6) is 0 Å². The first kappa shape index (κ1) is 11.1. The number of halogens is 2. The van der Waals surface area contributed by atoms with Gasteiger partial charge in [0.25, 0.3) is 0 Å². The van der Waals surface area contributed by atoms with Gasteiger partial charge in [0, 0.05) is 21.7 Å². The first-order valence-corrected chi connectivity index (χ1v) is 5.41. The first-order valence-electron chi connectivity index (χ1n) is 3.82. The Morgan fingerprint density at radius 3 is 2.77 bits per heavy atom. The molecule has 1 atom stereocenters. The van der Waals surface area contributed by atoms with Crippen molar-refractivity contribution >= 4 is 31.9 Å². The lowest BCUT2D eigenvalue weighted by atomic mass is 10.1. The van der Waals surface area contributed by atoms with Crippen LogP contribution in [0.15, 0.2) is 21.2 Å². The van der Waals surface area contributed by atoms with Crippen LogP contribution in [0, 0.1) is 0 Å². The third-order valence-electron chi connectivity index (χ3n) is 1.63. The Hall–Kier alpha value is 0.0300. The lowest BCUT2D eigenvalue weighted by molar-refractivity contribution is 0.275. The van der Waals surface area contributed by atoms with Gasteiger partial charge in [0.05, 0.1) is 11.7 Å². The predicted octanol–water partition coefficient (Wildman–Crippen LogP) is 1.99. The van der Waals surface area contributed by atoms with Crippen LogP contribution < -0.4 is 5.73 Å². The van der Waals surface area contributed by atoms with Crippen molar-refractivity contribution in [2.45, 2.75) is 12.5 Å². The van der Waals surface area contributed by atoms with Crippen molar-refractivity contribution in [1.82, 2.24) is 4.98 Å². The Labute approximate surface area is 93.6 Å². The highest BCUT2D eigenvalue weighted by atomic mass is 79.9. The van der Waals surface area contributed by atoms with E-state index in [9.17, 15) is 0 Å². The van der Waals surface area contributed by atoms with E-state index in [-0.39, 0.29) is 12.6 Å². The minimum Gasteiger partial charge on any atom is -0.396 e. The average Bonchev–Trinajstić information content (AvgIpc) is 2.04. The molecule has 1 rings (SSSR count). The second-order valence-electron chi connectivity index (χ2n) is 2.64. The summed E-state index contributed by atoms with van der Waals surface area (Å²) < 4.78 is 1.77. The molecule has 13 heavy (non-hydrogen) atoms. The van der Waals surface area contributed by atoms with Gasteiger partial charge in [-0.2, -0.15) is 0 Å². The van der Waals surface area contributed by atoms with Crippen LogP contribution in [0.25, 0.3) is 0 Å². The fraction of sp³-hybridized carbons (Fsp3) is 0.375. The summed E-state index contributed by atoms with van der Waals surface area (Å²) in [6.07, 6.45) is 2.21. The molecule has 0 aliphatic heterocycles. The molecule has 0 fully saturated rings. The zero-order valence-corrected chi connectivity index (χ0v) is 10.0. The van der Waals surface area contributed by atoms with Gasteiger partial charge in [-0.25, -0.2) is 0 Å². The van der Waals surface area contributed by atoms with Crippen LogP contribution in [-0.2, 0) is 0 Å². The fourth-order valence-corrected chi connectivity index (χ4v) is 2.26. The largest absolute Gasteiger partial charge is 0.396 e. The van der Waals surface area contributed by atoms with E-state index >= 15 is 0 Å². The Kier molecular flexibility index (Phi) is 4.31. The van der Waals surface area contributed by atoms with E-state index in [1.54, 1.807) is 6.20 Å². The normalized spacial score (nSPS) is 12.9. The van der Waals surface area contributed by atoms with Crippen LogP contribution in [0.1, 0.15) is 18.2 Å². The summed E-state index contributed by atoms with van der Waals surface area (Å²) in [5.74, 6) is 0. The Morgan fingerprint density at radius 2 is 2.23 bits per heavy atom. The van der Waals surface area contributed by atoms with Gasteiger partial charge in [0.1, 0.15) is 0 Å². The quantitative estimate of drug-likeness (QED) is 0.897. The lowest BCUT2D eigenvalue weighted by Gasteiger charge is -2.10. The van der Waals surface area contributed by atoms with Gasteiger partial charge >= 0.3 is 0 Å². The third kappa shape index (κ3) is 3.02. The zero-order valence-electron chi connectivity index (χ0n) is 6.87. The molecule has 3 nitrogen and oxygen atoms in total. The summed E-state index contributed by atoms with van der Waals surface area (Å²) in [6, 6.07) is 1.67. The van der Waals surface area contributed by atoms with E-state index in [4.69, 9.17) is 10.8 Å². The van der Waals surface area contributed by atoms with Gasteiger partial charge < -0.3 is 10.8 Å². The van der Waals surface area contributed by atoms with Crippen molar-refractivity contribution in [3.8, 4) is 0 Å². The smallest absolute Gasteiger partial charge is 0.0714 e. The SMILES string of the molecule is NC(CCO)c1ncc(Br)cc1Br. The summed E-state index contributed by atoms with van der Waals surface area (Å²) in [5.41, 5.74) is 6.56. The molecule has 0 aliphatic rings. The Morgan fingerprint density at radius 1 is 1.54 bits per heavy atom. The number of rotatable bonds is 3. The van der Waals surface area contributed by atoms with E-state index in [1.807, 2.05) is 6.07 Å². The molecule has 0 radical (unpaired) electrons. The minimum atomic E-state index is -0.215. The summed E-state index contributed by atoms with van der Waals surface area (Å²) in [7, 11) is 0. The molecule has 0 aliphatic carbocycles. The molecule has 72 valence electrons. The first-order chi connectivity index (χ1) is 6.15. The van der Waals surface area contributed by atoms with E-state index in [0.29, 0.717) is 6.42 Å². The minimum absolute atomic E-state index is 0.0748. The molecular weight excluding hydrogens is 300 g/mol. The maximum atomic E-state index is 8.71. The highest BCUT2D eigenvalue weighted by molar-refractivity contribution is 9.11. The predicted molar refractivity (Wildman–Crippen MR) is 58.3 cm³/mol. The number of aromatic nitrogens is 1. The topological polar surface area (TPSA) is 59.1 Å². The van der Waals surface area contributed by atoms with Crippen molar-refractivity contribution in [2.24, 2.45) is 5.73 Å². The molecule has 0 spiro atoms. The summed E-state index contributed by atoms with van der Waals surface area (Å²) in [6.45, 7) is 0.0748. The van der Waals surface area contributed by atoms with Crippen LogP contribution in [0.3, 0.4) is 0 Å². The summed E-state index contributed by atoms with van der Waals surface area (Å²) in [5, 5.41) is 8.71. The van der Waals surface area contributed by atoms with E-state index < -0.39 is 0 Å². The van der Waals surface area contributed by atoms with Gasteiger partial charge in [-0.3, -0.25) is 4.98 Å². The monoisotopic (exact) mass is 308 g/mol. The van der Waals surface area contributed by atoms with Gasteiger partial charge in [0.15, 0.2) is 0 Å². The molecular formula is C8H10Br2N2O. The third-order valence-corrected chi connectivity index (χ3v) is 2.70. The summed E-state index contributed by atoms with van der Waals surface area (Å²) >= 11 is 6.67. The highest BCUT2D eigenvalue weighted by Crippen LogP contribution is 2.24. The lowest BCUT2D eigenvalue weighted by Crippen LogP contribution is -2.14. The summed E-state index contributed by atoms with van der Waals surface area (Å²) in [4.78, 5) is 4.17. The number of hydrogen-bond donors (Lipinski definition) is 2. The van der Waals surface area contributed by atoms with Crippen molar-refractivity contribution in [3.05, 3.63) is 26.9 Å². The molecule has 1 heterocycles. The van der Waals surface area contributed by atoms with Crippen molar-refractivity contribution in [2.75, 3.05) is 6.61 Å². The highest BCUT2D eigenvalue weighted by Gasteiger charge is 2.10. The van der Waals surface area contributed by atoms with Gasteiger partial charge in [-0.1, -0.05) is 0 Å². The van der Waals surface area contributed by atoms with Crippen molar-refractivity contribution in [1.29, 1.82) is 0 Å². The molecule has 0 bridgehead atoms. The second kappa shape index (κ2) is 5.05. The number of pyridine rings is 1. The molecule has 3 N–H and O–H groups in total. The molecule has 0 saturated heterocycles. The van der Waals surface area contributed by atoms with Crippen LogP contribution in [0.2, 0.25) is 0 Å².